The number of hydrogen-bond donors (Lipinski definition) is 1. The molecule has 1 nitrogen and oxygen atoms in total. The molecule has 0 aliphatic rings. The molecule has 15 heavy (non-hydrogen) atoms. The fraction of sp³-hybridized carbons (Fsp3) is 0.385. The second-order valence-electron chi connectivity index (χ2n) is 3.54. The minimum atomic E-state index is 0.321. The summed E-state index contributed by atoms with van der Waals surface area (Å²) in [5, 5.41) is 4.19. The normalized spacial score (nSPS) is 12.1. The molecule has 0 radical (unpaired) electrons. The monoisotopic (exact) mass is 221 g/mol. The number of rotatable bonds is 5. The Bertz CT molecular complexity index is 341. The molecular weight excluding hydrogens is 206 g/mol. The maximum Gasteiger partial charge on any atom is 0.0409 e. The molecule has 0 aliphatic carbocycles. The molecular formula is C13H16ClN. The Balaban J connectivity index is 2.40. The molecule has 80 valence electrons. The maximum atomic E-state index is 5.92. The van der Waals surface area contributed by atoms with Crippen LogP contribution in [0.4, 0.5) is 0 Å². The first-order valence-corrected chi connectivity index (χ1v) is 5.54. The van der Waals surface area contributed by atoms with Gasteiger partial charge in [-0.15, -0.1) is 12.3 Å². The number of benzene rings is 1. The van der Waals surface area contributed by atoms with Gasteiger partial charge in [-0.3, -0.25) is 0 Å². The standard InChI is InChI=1S/C13H16ClN/c1-3-4-5-9-15-11(2)12-7-6-8-13(14)10-12/h1,6-8,10-11,15H,4-5,9H2,2H3/t11-/m0/s1. The van der Waals surface area contributed by atoms with Crippen molar-refractivity contribution in [3.05, 3.63) is 34.9 Å². The van der Waals surface area contributed by atoms with Crippen molar-refractivity contribution in [2.24, 2.45) is 0 Å². The molecule has 2 heteroatoms. The highest BCUT2D eigenvalue weighted by atomic mass is 35.5. The first-order valence-electron chi connectivity index (χ1n) is 5.16. The Hall–Kier alpha value is -0.970. The van der Waals surface area contributed by atoms with Crippen molar-refractivity contribution < 1.29 is 0 Å². The summed E-state index contributed by atoms with van der Waals surface area (Å²) in [6, 6.07) is 8.24. The number of unbranched alkanes of at least 4 members (excludes halogenated alkanes) is 1. The van der Waals surface area contributed by atoms with Crippen molar-refractivity contribution in [3.8, 4) is 12.3 Å². The lowest BCUT2D eigenvalue weighted by molar-refractivity contribution is 0.563. The predicted molar refractivity (Wildman–Crippen MR) is 65.9 cm³/mol. The van der Waals surface area contributed by atoms with Gasteiger partial charge in [0.15, 0.2) is 0 Å². The number of hydrogen-bond acceptors (Lipinski definition) is 1. The fourth-order valence-electron chi connectivity index (χ4n) is 1.40. The van der Waals surface area contributed by atoms with E-state index in [1.807, 2.05) is 18.2 Å². The first kappa shape index (κ1) is 12.1. The van der Waals surface area contributed by atoms with Crippen molar-refractivity contribution in [3.63, 3.8) is 0 Å². The molecule has 0 fully saturated rings. The summed E-state index contributed by atoms with van der Waals surface area (Å²) < 4.78 is 0. The molecule has 0 saturated heterocycles. The second-order valence-corrected chi connectivity index (χ2v) is 3.97. The highest BCUT2D eigenvalue weighted by molar-refractivity contribution is 6.30. The van der Waals surface area contributed by atoms with Gasteiger partial charge in [-0.2, -0.15) is 0 Å². The average Bonchev–Trinajstić information content (AvgIpc) is 2.24. The summed E-state index contributed by atoms with van der Waals surface area (Å²) in [6.07, 6.45) is 7.03. The molecule has 0 heterocycles. The van der Waals surface area contributed by atoms with Gasteiger partial charge in [0.2, 0.25) is 0 Å². The minimum Gasteiger partial charge on any atom is -0.310 e. The Labute approximate surface area is 96.8 Å². The summed E-state index contributed by atoms with van der Waals surface area (Å²) in [5.74, 6) is 2.63. The quantitative estimate of drug-likeness (QED) is 0.594. The zero-order chi connectivity index (χ0) is 11.1. The SMILES string of the molecule is C#CCCCN[C@@H](C)c1cccc(Cl)c1. The van der Waals surface area contributed by atoms with Crippen molar-refractivity contribution >= 4 is 11.6 Å². The second kappa shape index (κ2) is 6.50. The molecule has 0 bridgehead atoms. The third kappa shape index (κ3) is 4.38. The van der Waals surface area contributed by atoms with Gasteiger partial charge in [-0.05, 0) is 37.6 Å². The van der Waals surface area contributed by atoms with Crippen LogP contribution in [0.25, 0.3) is 0 Å². The molecule has 0 amide bonds. The van der Waals surface area contributed by atoms with Crippen LogP contribution >= 0.6 is 11.6 Å². The lowest BCUT2D eigenvalue weighted by Crippen LogP contribution is -2.19. The van der Waals surface area contributed by atoms with Gasteiger partial charge in [0.1, 0.15) is 0 Å². The molecule has 1 rings (SSSR count). The average molecular weight is 222 g/mol. The molecule has 0 saturated carbocycles. The Morgan fingerprint density at radius 2 is 2.33 bits per heavy atom. The lowest BCUT2D eigenvalue weighted by atomic mass is 10.1. The fourth-order valence-corrected chi connectivity index (χ4v) is 1.60. The van der Waals surface area contributed by atoms with Crippen LogP contribution in [0.5, 0.6) is 0 Å². The van der Waals surface area contributed by atoms with Gasteiger partial charge < -0.3 is 5.32 Å². The largest absolute Gasteiger partial charge is 0.310 e. The number of nitrogens with one attached hydrogen (secondary N) is 1. The molecule has 1 N–H and O–H groups in total. The smallest absolute Gasteiger partial charge is 0.0409 e. The molecule has 1 aromatic carbocycles. The summed E-state index contributed by atoms with van der Waals surface area (Å²) in [7, 11) is 0. The Morgan fingerprint density at radius 1 is 1.53 bits per heavy atom. The highest BCUT2D eigenvalue weighted by Gasteiger charge is 2.03. The molecule has 0 aromatic heterocycles. The van der Waals surface area contributed by atoms with Gasteiger partial charge in [0.05, 0.1) is 0 Å². The summed E-state index contributed by atoms with van der Waals surface area (Å²) in [6.45, 7) is 3.07. The first-order chi connectivity index (χ1) is 7.24. The van der Waals surface area contributed by atoms with Crippen LogP contribution in [0.3, 0.4) is 0 Å². The highest BCUT2D eigenvalue weighted by Crippen LogP contribution is 2.17. The van der Waals surface area contributed by atoms with Crippen LogP contribution in [0.1, 0.15) is 31.4 Å². The molecule has 1 atom stereocenters. The van der Waals surface area contributed by atoms with Crippen LogP contribution in [0.15, 0.2) is 24.3 Å². The molecule has 0 spiro atoms. The van der Waals surface area contributed by atoms with Crippen molar-refractivity contribution in [1.29, 1.82) is 0 Å². The minimum absolute atomic E-state index is 0.321. The zero-order valence-electron chi connectivity index (χ0n) is 8.96. The van der Waals surface area contributed by atoms with E-state index in [-0.39, 0.29) is 0 Å². The Morgan fingerprint density at radius 3 is 3.00 bits per heavy atom. The maximum absolute atomic E-state index is 5.92. The number of terminal acetylenes is 1. The molecule has 0 unspecified atom stereocenters. The van der Waals surface area contributed by atoms with Crippen LogP contribution in [0, 0.1) is 12.3 Å². The van der Waals surface area contributed by atoms with Crippen molar-refractivity contribution in [1.82, 2.24) is 5.32 Å². The van der Waals surface area contributed by atoms with E-state index in [9.17, 15) is 0 Å². The zero-order valence-corrected chi connectivity index (χ0v) is 9.72. The summed E-state index contributed by atoms with van der Waals surface area (Å²) >= 11 is 5.92. The van der Waals surface area contributed by atoms with E-state index in [0.717, 1.165) is 24.4 Å². The van der Waals surface area contributed by atoms with E-state index in [4.69, 9.17) is 18.0 Å². The van der Waals surface area contributed by atoms with Crippen molar-refractivity contribution in [2.45, 2.75) is 25.8 Å². The summed E-state index contributed by atoms with van der Waals surface area (Å²) in [4.78, 5) is 0. The predicted octanol–water partition coefficient (Wildman–Crippen LogP) is 3.40. The number of halogens is 1. The van der Waals surface area contributed by atoms with E-state index < -0.39 is 0 Å². The van der Waals surface area contributed by atoms with Gasteiger partial charge in [0, 0.05) is 17.5 Å². The van der Waals surface area contributed by atoms with Gasteiger partial charge >= 0.3 is 0 Å². The Kier molecular flexibility index (Phi) is 5.25. The third-order valence-corrected chi connectivity index (χ3v) is 2.53. The van der Waals surface area contributed by atoms with Crippen LogP contribution in [-0.4, -0.2) is 6.54 Å². The summed E-state index contributed by atoms with van der Waals surface area (Å²) in [5.41, 5.74) is 1.21. The van der Waals surface area contributed by atoms with Crippen LogP contribution in [0.2, 0.25) is 5.02 Å². The van der Waals surface area contributed by atoms with Crippen molar-refractivity contribution in [2.75, 3.05) is 6.54 Å². The van der Waals surface area contributed by atoms with E-state index in [0.29, 0.717) is 6.04 Å². The topological polar surface area (TPSA) is 12.0 Å². The molecule has 1 aromatic rings. The molecule has 0 aliphatic heterocycles. The van der Waals surface area contributed by atoms with Gasteiger partial charge in [-0.25, -0.2) is 0 Å². The third-order valence-electron chi connectivity index (χ3n) is 2.30. The van der Waals surface area contributed by atoms with E-state index in [2.05, 4.69) is 24.2 Å². The van der Waals surface area contributed by atoms with Gasteiger partial charge in [-0.1, -0.05) is 23.7 Å². The van der Waals surface area contributed by atoms with Crippen LogP contribution < -0.4 is 5.32 Å². The lowest BCUT2D eigenvalue weighted by Gasteiger charge is -2.13. The van der Waals surface area contributed by atoms with E-state index in [1.165, 1.54) is 5.56 Å². The van der Waals surface area contributed by atoms with Crippen LogP contribution in [-0.2, 0) is 0 Å². The van der Waals surface area contributed by atoms with E-state index >= 15 is 0 Å². The van der Waals surface area contributed by atoms with E-state index in [1.54, 1.807) is 0 Å². The van der Waals surface area contributed by atoms with Gasteiger partial charge in [0.25, 0.3) is 0 Å².